The van der Waals surface area contributed by atoms with E-state index in [1.54, 1.807) is 12.1 Å². The first-order valence-electron chi connectivity index (χ1n) is 11.7. The topological polar surface area (TPSA) is 69.7 Å². The zero-order valence-electron chi connectivity index (χ0n) is 19.0. The molecule has 4 rings (SSSR count). The highest BCUT2D eigenvalue weighted by molar-refractivity contribution is 7.89. The van der Waals surface area contributed by atoms with E-state index in [4.69, 9.17) is 11.6 Å². The lowest BCUT2D eigenvalue weighted by Gasteiger charge is -2.33. The van der Waals surface area contributed by atoms with E-state index in [-0.39, 0.29) is 23.3 Å². The maximum atomic E-state index is 13.0. The summed E-state index contributed by atoms with van der Waals surface area (Å²) in [7, 11) is -3.64. The summed E-state index contributed by atoms with van der Waals surface area (Å²) in [4.78, 5) is 15.4. The first-order valence-corrected chi connectivity index (χ1v) is 13.5. The smallest absolute Gasteiger partial charge is 0.243 e. The van der Waals surface area contributed by atoms with E-state index in [2.05, 4.69) is 41.4 Å². The van der Waals surface area contributed by atoms with Crippen molar-refractivity contribution in [2.45, 2.75) is 44.0 Å². The normalized spacial score (nSPS) is 22.2. The maximum absolute atomic E-state index is 13.0. The van der Waals surface area contributed by atoms with Gasteiger partial charge in [-0.25, -0.2) is 8.42 Å². The molecule has 2 heterocycles. The van der Waals surface area contributed by atoms with Gasteiger partial charge in [0.1, 0.15) is 0 Å². The molecule has 0 aromatic heterocycles. The highest BCUT2D eigenvalue weighted by Crippen LogP contribution is 2.26. The van der Waals surface area contributed by atoms with Crippen LogP contribution in [0.3, 0.4) is 0 Å². The lowest BCUT2D eigenvalue weighted by atomic mass is 9.98. The van der Waals surface area contributed by atoms with E-state index in [9.17, 15) is 13.2 Å². The molecule has 8 heteroatoms. The number of rotatable bonds is 6. The lowest BCUT2D eigenvalue weighted by Crippen LogP contribution is -2.45. The van der Waals surface area contributed by atoms with Crippen LogP contribution in [0.4, 0.5) is 5.69 Å². The number of benzene rings is 2. The first kappa shape index (κ1) is 24.0. The van der Waals surface area contributed by atoms with Crippen molar-refractivity contribution in [2.75, 3.05) is 31.1 Å². The van der Waals surface area contributed by atoms with E-state index in [0.717, 1.165) is 24.6 Å². The average molecular weight is 490 g/mol. The minimum Gasteiger partial charge on any atom is -0.371 e. The highest BCUT2D eigenvalue weighted by atomic mass is 35.5. The van der Waals surface area contributed by atoms with Crippen molar-refractivity contribution in [1.29, 1.82) is 0 Å². The molecule has 0 unspecified atom stereocenters. The van der Waals surface area contributed by atoms with Gasteiger partial charge < -0.3 is 10.2 Å². The second-order valence-corrected chi connectivity index (χ2v) is 11.6. The van der Waals surface area contributed by atoms with Crippen LogP contribution in [-0.4, -0.2) is 44.8 Å². The fourth-order valence-corrected chi connectivity index (χ4v) is 6.36. The van der Waals surface area contributed by atoms with Gasteiger partial charge in [0.05, 0.1) is 10.8 Å². The second kappa shape index (κ2) is 10.5. The Kier molecular flexibility index (Phi) is 7.62. The van der Waals surface area contributed by atoms with Crippen LogP contribution in [0.15, 0.2) is 53.4 Å². The Balaban J connectivity index is 1.32. The largest absolute Gasteiger partial charge is 0.371 e. The number of piperidine rings is 2. The number of hydrogen-bond donors (Lipinski definition) is 1. The molecular formula is C25H32ClN3O3S. The molecule has 2 aliphatic heterocycles. The third-order valence-corrected chi connectivity index (χ3v) is 8.76. The van der Waals surface area contributed by atoms with Gasteiger partial charge in [0.15, 0.2) is 0 Å². The fourth-order valence-electron chi connectivity index (χ4n) is 4.71. The average Bonchev–Trinajstić information content (AvgIpc) is 2.83. The number of carbonyl (C=O) groups excluding carboxylic acids is 1. The molecule has 1 N–H and O–H groups in total. The Hall–Kier alpha value is -2.09. The number of amides is 1. The molecule has 0 radical (unpaired) electrons. The highest BCUT2D eigenvalue weighted by Gasteiger charge is 2.33. The fraction of sp³-hybridized carbons (Fsp3) is 0.480. The molecule has 2 aromatic carbocycles. The number of hydrogen-bond acceptors (Lipinski definition) is 4. The molecule has 0 spiro atoms. The summed E-state index contributed by atoms with van der Waals surface area (Å²) in [6, 6.07) is 14.5. The van der Waals surface area contributed by atoms with Crippen molar-refractivity contribution < 1.29 is 13.2 Å². The Labute approximate surface area is 202 Å². The summed E-state index contributed by atoms with van der Waals surface area (Å²) < 4.78 is 27.4. The summed E-state index contributed by atoms with van der Waals surface area (Å²) in [6.45, 7) is 5.54. The molecule has 33 heavy (non-hydrogen) atoms. The molecule has 0 bridgehead atoms. The minimum atomic E-state index is -3.64. The van der Waals surface area contributed by atoms with Crippen molar-refractivity contribution >= 4 is 33.2 Å². The quantitative estimate of drug-likeness (QED) is 0.657. The van der Waals surface area contributed by atoms with Crippen LogP contribution in [0.25, 0.3) is 0 Å². The van der Waals surface area contributed by atoms with E-state index >= 15 is 0 Å². The summed E-state index contributed by atoms with van der Waals surface area (Å²) in [5, 5.41) is 3.49. The van der Waals surface area contributed by atoms with E-state index in [0.29, 0.717) is 31.0 Å². The SMILES string of the molecule is C[C@H]1CCCN(c2ccc(CNC(=O)[C@H]3CCCN(S(=O)(=O)c4ccc(Cl)cc4)C3)cc2)C1. The summed E-state index contributed by atoms with van der Waals surface area (Å²) >= 11 is 5.89. The van der Waals surface area contributed by atoms with E-state index < -0.39 is 10.0 Å². The summed E-state index contributed by atoms with van der Waals surface area (Å²) in [5.74, 6) is 0.270. The van der Waals surface area contributed by atoms with E-state index in [1.165, 1.54) is 35.0 Å². The van der Waals surface area contributed by atoms with Gasteiger partial charge in [-0.3, -0.25) is 4.79 Å². The Bertz CT molecular complexity index is 1060. The summed E-state index contributed by atoms with van der Waals surface area (Å²) in [5.41, 5.74) is 2.27. The van der Waals surface area contributed by atoms with Crippen LogP contribution in [0.1, 0.15) is 38.2 Å². The summed E-state index contributed by atoms with van der Waals surface area (Å²) in [6.07, 6.45) is 3.86. The van der Waals surface area contributed by atoms with Gasteiger partial charge in [0, 0.05) is 43.4 Å². The standard InChI is InChI=1S/C25H32ClN3O3S/c1-19-4-2-14-28(17-19)23-10-6-20(7-11-23)16-27-25(30)21-5-3-15-29(18-21)33(31,32)24-12-8-22(26)9-13-24/h6-13,19,21H,2-5,14-18H2,1H3,(H,27,30)/t19-,21-/m0/s1. The molecular weight excluding hydrogens is 458 g/mol. The molecule has 6 nitrogen and oxygen atoms in total. The van der Waals surface area contributed by atoms with E-state index in [1.807, 2.05) is 0 Å². The van der Waals surface area contributed by atoms with Crippen LogP contribution in [0.5, 0.6) is 0 Å². The first-order chi connectivity index (χ1) is 15.8. The monoisotopic (exact) mass is 489 g/mol. The van der Waals surface area contributed by atoms with Crippen LogP contribution < -0.4 is 10.2 Å². The Morgan fingerprint density at radius 2 is 1.70 bits per heavy atom. The Morgan fingerprint density at radius 1 is 1.00 bits per heavy atom. The van der Waals surface area contributed by atoms with Gasteiger partial charge in [-0.1, -0.05) is 30.7 Å². The Morgan fingerprint density at radius 3 is 2.39 bits per heavy atom. The number of nitrogens with zero attached hydrogens (tertiary/aromatic N) is 2. The number of halogens is 1. The molecule has 178 valence electrons. The van der Waals surface area contributed by atoms with Crippen molar-refractivity contribution in [3.05, 3.63) is 59.1 Å². The molecule has 1 amide bonds. The van der Waals surface area contributed by atoms with Crippen LogP contribution in [0.2, 0.25) is 5.02 Å². The third-order valence-electron chi connectivity index (χ3n) is 6.63. The molecule has 2 atom stereocenters. The van der Waals surface area contributed by atoms with Crippen molar-refractivity contribution in [3.63, 3.8) is 0 Å². The van der Waals surface area contributed by atoms with Gasteiger partial charge in [-0.05, 0) is 73.6 Å². The number of carbonyl (C=O) groups is 1. The van der Waals surface area contributed by atoms with Gasteiger partial charge >= 0.3 is 0 Å². The van der Waals surface area contributed by atoms with Crippen LogP contribution in [-0.2, 0) is 21.4 Å². The molecule has 2 aromatic rings. The maximum Gasteiger partial charge on any atom is 0.243 e. The van der Waals surface area contributed by atoms with Gasteiger partial charge in [-0.2, -0.15) is 4.31 Å². The predicted molar refractivity (Wildman–Crippen MR) is 132 cm³/mol. The molecule has 0 saturated carbocycles. The zero-order chi connectivity index (χ0) is 23.4. The van der Waals surface area contributed by atoms with Gasteiger partial charge in [0.25, 0.3) is 0 Å². The van der Waals surface area contributed by atoms with Crippen LogP contribution >= 0.6 is 11.6 Å². The second-order valence-electron chi connectivity index (χ2n) is 9.23. The van der Waals surface area contributed by atoms with Gasteiger partial charge in [0.2, 0.25) is 15.9 Å². The minimum absolute atomic E-state index is 0.0973. The zero-order valence-corrected chi connectivity index (χ0v) is 20.6. The van der Waals surface area contributed by atoms with Gasteiger partial charge in [-0.15, -0.1) is 0 Å². The lowest BCUT2D eigenvalue weighted by molar-refractivity contribution is -0.126. The molecule has 0 aliphatic carbocycles. The number of nitrogens with one attached hydrogen (secondary N) is 1. The van der Waals surface area contributed by atoms with Crippen molar-refractivity contribution in [2.24, 2.45) is 11.8 Å². The number of anilines is 1. The van der Waals surface area contributed by atoms with Crippen molar-refractivity contribution in [3.8, 4) is 0 Å². The molecule has 2 saturated heterocycles. The number of sulfonamides is 1. The van der Waals surface area contributed by atoms with Crippen LogP contribution in [0, 0.1) is 11.8 Å². The third kappa shape index (κ3) is 5.89. The van der Waals surface area contributed by atoms with Crippen molar-refractivity contribution in [1.82, 2.24) is 9.62 Å². The molecule has 2 aliphatic rings. The predicted octanol–water partition coefficient (Wildman–Crippen LogP) is 4.29. The molecule has 2 fully saturated rings.